The van der Waals surface area contributed by atoms with E-state index in [0.717, 1.165) is 30.6 Å². The van der Waals surface area contributed by atoms with Crippen LogP contribution in [0.4, 0.5) is 0 Å². The fourth-order valence-electron chi connectivity index (χ4n) is 4.18. The van der Waals surface area contributed by atoms with Gasteiger partial charge in [0.15, 0.2) is 0 Å². The van der Waals surface area contributed by atoms with Crippen LogP contribution < -0.4 is 4.74 Å². The third-order valence-electron chi connectivity index (χ3n) is 6.19. The molecule has 0 aliphatic carbocycles. The largest absolute Gasteiger partial charge is 0.494 e. The molecule has 6 heteroatoms. The number of hydrogen-bond acceptors (Lipinski definition) is 4. The van der Waals surface area contributed by atoms with E-state index in [9.17, 15) is 9.59 Å². The molecule has 0 radical (unpaired) electrons. The smallest absolute Gasteiger partial charge is 0.246 e. The average molecular weight is 449 g/mol. The van der Waals surface area contributed by atoms with Crippen molar-refractivity contribution in [3.63, 3.8) is 0 Å². The maximum atomic E-state index is 12.8. The van der Waals surface area contributed by atoms with Crippen LogP contribution in [0.3, 0.4) is 0 Å². The predicted molar refractivity (Wildman–Crippen MR) is 128 cm³/mol. The molecule has 0 saturated carbocycles. The highest BCUT2D eigenvalue weighted by Gasteiger charge is 2.36. The molecule has 4 rings (SSSR count). The molecule has 2 aliphatic heterocycles. The van der Waals surface area contributed by atoms with Crippen molar-refractivity contribution in [3.05, 3.63) is 72.3 Å². The normalized spacial score (nSPS) is 17.2. The lowest BCUT2D eigenvalue weighted by molar-refractivity contribution is -0.151. The first-order valence-electron chi connectivity index (χ1n) is 11.8. The molecule has 0 N–H and O–H groups in total. The molecule has 0 unspecified atom stereocenters. The number of carbonyl (C=O) groups is 2. The number of piperidine rings is 1. The minimum Gasteiger partial charge on any atom is -0.494 e. The summed E-state index contributed by atoms with van der Waals surface area (Å²) in [6, 6.07) is 19.6. The molecular weight excluding hydrogens is 416 g/mol. The Morgan fingerprint density at radius 3 is 2.24 bits per heavy atom. The van der Waals surface area contributed by atoms with Gasteiger partial charge in [-0.2, -0.15) is 0 Å². The van der Waals surface area contributed by atoms with Gasteiger partial charge in [-0.15, -0.1) is 0 Å². The van der Waals surface area contributed by atoms with Gasteiger partial charge in [0, 0.05) is 44.6 Å². The van der Waals surface area contributed by atoms with Crippen molar-refractivity contribution < 1.29 is 19.1 Å². The Balaban J connectivity index is 1.09. The molecule has 2 aliphatic rings. The molecule has 0 atom stereocenters. The minimum absolute atomic E-state index is 0.00683. The van der Waals surface area contributed by atoms with Crippen LogP contribution >= 0.6 is 0 Å². The fraction of sp³-hybridized carbons (Fsp3) is 0.407. The van der Waals surface area contributed by atoms with Gasteiger partial charge in [-0.25, -0.2) is 0 Å². The van der Waals surface area contributed by atoms with E-state index < -0.39 is 0 Å². The molecule has 174 valence electrons. The highest BCUT2D eigenvalue weighted by Crippen LogP contribution is 2.24. The first kappa shape index (κ1) is 23.1. The fourth-order valence-corrected chi connectivity index (χ4v) is 4.18. The van der Waals surface area contributed by atoms with E-state index >= 15 is 0 Å². The molecule has 6 nitrogen and oxygen atoms in total. The van der Waals surface area contributed by atoms with Gasteiger partial charge in [-0.3, -0.25) is 9.59 Å². The van der Waals surface area contributed by atoms with Crippen LogP contribution in [0.25, 0.3) is 6.08 Å². The Labute approximate surface area is 195 Å². The summed E-state index contributed by atoms with van der Waals surface area (Å²) in [5.74, 6) is 1.10. The summed E-state index contributed by atoms with van der Waals surface area (Å²) in [6.07, 6.45) is 5.86. The van der Waals surface area contributed by atoms with E-state index in [1.807, 2.05) is 76.5 Å². The number of amides is 2. The Morgan fingerprint density at radius 2 is 1.55 bits per heavy atom. The molecule has 2 aromatic carbocycles. The van der Waals surface area contributed by atoms with Crippen LogP contribution in [0.15, 0.2) is 66.7 Å². The van der Waals surface area contributed by atoms with Crippen molar-refractivity contribution in [2.75, 3.05) is 39.4 Å². The first-order valence-corrected chi connectivity index (χ1v) is 11.8. The molecular formula is C27H32N2O4. The topological polar surface area (TPSA) is 59.1 Å². The number of ether oxygens (including phenoxy) is 2. The van der Waals surface area contributed by atoms with Crippen molar-refractivity contribution in [1.29, 1.82) is 0 Å². The SMILES string of the molecule is O=C(C=Cc1ccccc1)N1CCC(C(=O)N2CC(OCCCOc3ccccc3)C2)CC1. The van der Waals surface area contributed by atoms with E-state index in [1.165, 1.54) is 0 Å². The van der Waals surface area contributed by atoms with E-state index in [-0.39, 0.29) is 23.8 Å². The number of nitrogens with zero attached hydrogens (tertiary/aromatic N) is 2. The van der Waals surface area contributed by atoms with Crippen LogP contribution in [0.2, 0.25) is 0 Å². The quantitative estimate of drug-likeness (QED) is 0.434. The molecule has 2 saturated heterocycles. The molecule has 0 aromatic heterocycles. The molecule has 2 aromatic rings. The number of hydrogen-bond donors (Lipinski definition) is 0. The van der Waals surface area contributed by atoms with Crippen LogP contribution in [-0.2, 0) is 14.3 Å². The predicted octanol–water partition coefficient (Wildman–Crippen LogP) is 3.63. The van der Waals surface area contributed by atoms with Gasteiger partial charge in [-0.1, -0.05) is 48.5 Å². The maximum absolute atomic E-state index is 12.8. The monoisotopic (exact) mass is 448 g/mol. The van der Waals surface area contributed by atoms with E-state index in [4.69, 9.17) is 9.47 Å². The summed E-state index contributed by atoms with van der Waals surface area (Å²) in [6.45, 7) is 3.84. The van der Waals surface area contributed by atoms with Crippen molar-refractivity contribution in [2.45, 2.75) is 25.4 Å². The van der Waals surface area contributed by atoms with Crippen LogP contribution in [0.5, 0.6) is 5.75 Å². The molecule has 2 heterocycles. The summed E-state index contributed by atoms with van der Waals surface area (Å²) >= 11 is 0. The van der Waals surface area contributed by atoms with Gasteiger partial charge < -0.3 is 19.3 Å². The van der Waals surface area contributed by atoms with Gasteiger partial charge in [0.2, 0.25) is 11.8 Å². The number of para-hydroxylation sites is 1. The van der Waals surface area contributed by atoms with Gasteiger partial charge in [0.05, 0.1) is 19.3 Å². The Hall–Kier alpha value is -3.12. The second-order valence-electron chi connectivity index (χ2n) is 8.59. The summed E-state index contributed by atoms with van der Waals surface area (Å²) in [7, 11) is 0. The summed E-state index contributed by atoms with van der Waals surface area (Å²) in [5, 5.41) is 0. The summed E-state index contributed by atoms with van der Waals surface area (Å²) in [4.78, 5) is 28.9. The Kier molecular flexibility index (Phi) is 8.14. The molecule has 0 bridgehead atoms. The lowest BCUT2D eigenvalue weighted by Crippen LogP contribution is -2.57. The molecule has 33 heavy (non-hydrogen) atoms. The zero-order chi connectivity index (χ0) is 22.9. The number of benzene rings is 2. The molecule has 0 spiro atoms. The third kappa shape index (κ3) is 6.68. The minimum atomic E-state index is 0.00683. The van der Waals surface area contributed by atoms with Crippen molar-refractivity contribution in [1.82, 2.24) is 9.80 Å². The zero-order valence-electron chi connectivity index (χ0n) is 19.0. The third-order valence-corrected chi connectivity index (χ3v) is 6.19. The number of rotatable bonds is 9. The second kappa shape index (κ2) is 11.7. The highest BCUT2D eigenvalue weighted by atomic mass is 16.5. The zero-order valence-corrected chi connectivity index (χ0v) is 19.0. The number of carbonyl (C=O) groups excluding carboxylic acids is 2. The van der Waals surface area contributed by atoms with E-state index in [1.54, 1.807) is 6.08 Å². The van der Waals surface area contributed by atoms with Gasteiger partial charge in [0.1, 0.15) is 5.75 Å². The molecule has 2 fully saturated rings. The number of likely N-dealkylation sites (tertiary alicyclic amines) is 2. The summed E-state index contributed by atoms with van der Waals surface area (Å²) < 4.78 is 11.5. The van der Waals surface area contributed by atoms with Gasteiger partial charge >= 0.3 is 0 Å². The highest BCUT2D eigenvalue weighted by molar-refractivity contribution is 5.92. The van der Waals surface area contributed by atoms with Gasteiger partial charge in [-0.05, 0) is 36.6 Å². The van der Waals surface area contributed by atoms with Crippen molar-refractivity contribution in [3.8, 4) is 5.75 Å². The standard InChI is InChI=1S/C27H32N2O4/c30-26(13-12-22-8-3-1-4-9-22)28-16-14-23(15-17-28)27(31)29-20-25(21-29)33-19-7-18-32-24-10-5-2-6-11-24/h1-6,8-13,23,25H,7,14-21H2. The lowest BCUT2D eigenvalue weighted by Gasteiger charge is -2.42. The first-order chi connectivity index (χ1) is 16.2. The lowest BCUT2D eigenvalue weighted by atomic mass is 9.93. The average Bonchev–Trinajstić information content (AvgIpc) is 2.84. The van der Waals surface area contributed by atoms with Crippen LogP contribution in [-0.4, -0.2) is 67.1 Å². The van der Waals surface area contributed by atoms with E-state index in [0.29, 0.717) is 39.4 Å². The van der Waals surface area contributed by atoms with Crippen LogP contribution in [0, 0.1) is 5.92 Å². The Bertz CT molecular complexity index is 918. The van der Waals surface area contributed by atoms with E-state index in [2.05, 4.69) is 0 Å². The summed E-state index contributed by atoms with van der Waals surface area (Å²) in [5.41, 5.74) is 1.01. The van der Waals surface area contributed by atoms with Crippen LogP contribution in [0.1, 0.15) is 24.8 Å². The Morgan fingerprint density at radius 1 is 0.879 bits per heavy atom. The molecule has 2 amide bonds. The van der Waals surface area contributed by atoms with Gasteiger partial charge in [0.25, 0.3) is 0 Å². The maximum Gasteiger partial charge on any atom is 0.246 e. The second-order valence-corrected chi connectivity index (χ2v) is 8.59. The van der Waals surface area contributed by atoms with Crippen molar-refractivity contribution >= 4 is 17.9 Å². The van der Waals surface area contributed by atoms with Crippen molar-refractivity contribution in [2.24, 2.45) is 5.92 Å².